The number of methoxy groups -OCH3 is 3. The molecule has 1 N–H and O–H groups in total. The highest BCUT2D eigenvalue weighted by atomic mass is 16.5. The average molecular weight is 414 g/mol. The molecule has 0 aliphatic carbocycles. The fourth-order valence-corrected chi connectivity index (χ4v) is 3.56. The molecule has 0 bridgehead atoms. The van der Waals surface area contributed by atoms with Gasteiger partial charge in [-0.2, -0.15) is 0 Å². The molecule has 1 aliphatic heterocycles. The van der Waals surface area contributed by atoms with Gasteiger partial charge in [0.25, 0.3) is 0 Å². The molecule has 1 heterocycles. The summed E-state index contributed by atoms with van der Waals surface area (Å²) in [6.45, 7) is 4.13. The normalized spacial score (nSPS) is 15.9. The Kier molecular flexibility index (Phi) is 7.93. The van der Waals surface area contributed by atoms with Crippen molar-refractivity contribution < 1.29 is 19.0 Å². The fraction of sp³-hybridized carbons (Fsp3) is 0.435. The molecule has 0 radical (unpaired) electrons. The van der Waals surface area contributed by atoms with Gasteiger partial charge >= 0.3 is 6.03 Å². The number of amides is 2. The summed E-state index contributed by atoms with van der Waals surface area (Å²) in [5.74, 6) is 0.813. The second kappa shape index (κ2) is 10.8. The molecule has 162 valence electrons. The van der Waals surface area contributed by atoms with Gasteiger partial charge in [-0.3, -0.25) is 0 Å². The highest BCUT2D eigenvalue weighted by Gasteiger charge is 2.29. The minimum atomic E-state index is -0.0401. The average Bonchev–Trinajstić information content (AvgIpc) is 3.15. The SMILES string of the molecule is COCCN(CCOC)c1ccc(C2CN(Cc3ccc(OC)cc3)C(=O)N2)cc1. The molecule has 3 rings (SSSR count). The van der Waals surface area contributed by atoms with Crippen LogP contribution in [-0.4, -0.2) is 65.1 Å². The first kappa shape index (κ1) is 21.9. The van der Waals surface area contributed by atoms with Crippen molar-refractivity contribution in [2.75, 3.05) is 59.1 Å². The third-order valence-electron chi connectivity index (χ3n) is 5.31. The van der Waals surface area contributed by atoms with Crippen molar-refractivity contribution in [3.8, 4) is 5.75 Å². The first-order valence-corrected chi connectivity index (χ1v) is 10.2. The van der Waals surface area contributed by atoms with E-state index in [0.717, 1.165) is 35.7 Å². The summed E-state index contributed by atoms with van der Waals surface area (Å²) in [7, 11) is 5.06. The van der Waals surface area contributed by atoms with Crippen molar-refractivity contribution in [2.24, 2.45) is 0 Å². The number of urea groups is 1. The van der Waals surface area contributed by atoms with E-state index in [0.29, 0.717) is 26.3 Å². The van der Waals surface area contributed by atoms with Crippen molar-refractivity contribution in [3.63, 3.8) is 0 Å². The quantitative estimate of drug-likeness (QED) is 0.613. The Bertz CT molecular complexity index is 787. The van der Waals surface area contributed by atoms with Gasteiger partial charge in [-0.1, -0.05) is 24.3 Å². The number of hydrogen-bond donors (Lipinski definition) is 1. The molecule has 2 amide bonds. The first-order valence-electron chi connectivity index (χ1n) is 10.2. The van der Waals surface area contributed by atoms with Crippen LogP contribution in [0.3, 0.4) is 0 Å². The first-order chi connectivity index (χ1) is 14.6. The van der Waals surface area contributed by atoms with Crippen LogP contribution in [0.25, 0.3) is 0 Å². The van der Waals surface area contributed by atoms with Crippen LogP contribution in [0.5, 0.6) is 5.75 Å². The molecule has 7 heteroatoms. The van der Waals surface area contributed by atoms with Crippen LogP contribution < -0.4 is 15.0 Å². The van der Waals surface area contributed by atoms with Crippen molar-refractivity contribution in [1.82, 2.24) is 10.2 Å². The van der Waals surface area contributed by atoms with E-state index in [9.17, 15) is 4.79 Å². The summed E-state index contributed by atoms with van der Waals surface area (Å²) in [5.41, 5.74) is 3.30. The summed E-state index contributed by atoms with van der Waals surface area (Å²) in [6, 6.07) is 16.1. The molecule has 1 saturated heterocycles. The molecule has 7 nitrogen and oxygen atoms in total. The Hall–Kier alpha value is -2.77. The van der Waals surface area contributed by atoms with E-state index in [1.165, 1.54) is 0 Å². The Morgan fingerprint density at radius 2 is 1.60 bits per heavy atom. The highest BCUT2D eigenvalue weighted by Crippen LogP contribution is 2.25. The number of nitrogens with zero attached hydrogens (tertiary/aromatic N) is 2. The van der Waals surface area contributed by atoms with Gasteiger partial charge in [0.05, 0.1) is 26.4 Å². The van der Waals surface area contributed by atoms with E-state index in [4.69, 9.17) is 14.2 Å². The third kappa shape index (κ3) is 5.64. The zero-order chi connectivity index (χ0) is 21.3. The summed E-state index contributed by atoms with van der Waals surface area (Å²) in [5, 5.41) is 3.09. The number of anilines is 1. The maximum absolute atomic E-state index is 12.5. The second-order valence-corrected chi connectivity index (χ2v) is 7.29. The van der Waals surface area contributed by atoms with Crippen LogP contribution in [0.2, 0.25) is 0 Å². The zero-order valence-electron chi connectivity index (χ0n) is 18.0. The minimum absolute atomic E-state index is 0.0174. The van der Waals surface area contributed by atoms with Crippen LogP contribution in [0.15, 0.2) is 48.5 Å². The standard InChI is InChI=1S/C23H31N3O4/c1-28-14-12-25(13-15-29-2)20-8-6-19(7-9-20)22-17-26(23(27)24-22)16-18-4-10-21(30-3)11-5-18/h4-11,22H,12-17H2,1-3H3,(H,24,27). The fourth-order valence-electron chi connectivity index (χ4n) is 3.56. The van der Waals surface area contributed by atoms with E-state index in [1.807, 2.05) is 29.2 Å². The highest BCUT2D eigenvalue weighted by molar-refractivity contribution is 5.77. The summed E-state index contributed by atoms with van der Waals surface area (Å²) < 4.78 is 15.6. The van der Waals surface area contributed by atoms with Crippen LogP contribution in [-0.2, 0) is 16.0 Å². The maximum atomic E-state index is 12.5. The number of carbonyl (C=O) groups excluding carboxylic acids is 1. The topological polar surface area (TPSA) is 63.3 Å². The number of hydrogen-bond acceptors (Lipinski definition) is 5. The minimum Gasteiger partial charge on any atom is -0.497 e. The predicted molar refractivity (Wildman–Crippen MR) is 117 cm³/mol. The number of nitrogens with one attached hydrogen (secondary N) is 1. The lowest BCUT2D eigenvalue weighted by atomic mass is 10.1. The smallest absolute Gasteiger partial charge is 0.318 e. The molecule has 2 aromatic rings. The molecule has 1 unspecified atom stereocenters. The Balaban J connectivity index is 1.62. The van der Waals surface area contributed by atoms with E-state index < -0.39 is 0 Å². The number of benzene rings is 2. The largest absolute Gasteiger partial charge is 0.497 e. The van der Waals surface area contributed by atoms with Crippen molar-refractivity contribution in [2.45, 2.75) is 12.6 Å². The summed E-state index contributed by atoms with van der Waals surface area (Å²) in [4.78, 5) is 16.5. The van der Waals surface area contributed by atoms with Crippen molar-refractivity contribution in [1.29, 1.82) is 0 Å². The second-order valence-electron chi connectivity index (χ2n) is 7.29. The maximum Gasteiger partial charge on any atom is 0.318 e. The van der Waals surface area contributed by atoms with Crippen LogP contribution in [0.4, 0.5) is 10.5 Å². The molecule has 0 aromatic heterocycles. The molecule has 1 fully saturated rings. The van der Waals surface area contributed by atoms with Crippen LogP contribution >= 0.6 is 0 Å². The lowest BCUT2D eigenvalue weighted by Gasteiger charge is -2.24. The van der Waals surface area contributed by atoms with Gasteiger partial charge in [0.15, 0.2) is 0 Å². The summed E-state index contributed by atoms with van der Waals surface area (Å²) in [6.07, 6.45) is 0. The van der Waals surface area contributed by atoms with Gasteiger partial charge in [-0.25, -0.2) is 4.79 Å². The lowest BCUT2D eigenvalue weighted by molar-refractivity contribution is 0.190. The van der Waals surface area contributed by atoms with Crippen molar-refractivity contribution in [3.05, 3.63) is 59.7 Å². The summed E-state index contributed by atoms with van der Waals surface area (Å²) >= 11 is 0. The van der Waals surface area contributed by atoms with Gasteiger partial charge in [0, 0.05) is 46.1 Å². The third-order valence-corrected chi connectivity index (χ3v) is 5.31. The number of ether oxygens (including phenoxy) is 3. The molecule has 2 aromatic carbocycles. The lowest BCUT2D eigenvalue weighted by Crippen LogP contribution is -2.30. The Labute approximate surface area is 178 Å². The molecular weight excluding hydrogens is 382 g/mol. The molecule has 0 saturated carbocycles. The van der Waals surface area contributed by atoms with Gasteiger partial charge in [-0.05, 0) is 35.4 Å². The molecule has 30 heavy (non-hydrogen) atoms. The van der Waals surface area contributed by atoms with Gasteiger partial charge in [0.2, 0.25) is 0 Å². The molecule has 1 aliphatic rings. The zero-order valence-corrected chi connectivity index (χ0v) is 18.0. The Morgan fingerprint density at radius 1 is 0.967 bits per heavy atom. The molecule has 0 spiro atoms. The van der Waals surface area contributed by atoms with Crippen molar-refractivity contribution >= 4 is 11.7 Å². The van der Waals surface area contributed by atoms with E-state index in [-0.39, 0.29) is 12.1 Å². The van der Waals surface area contributed by atoms with E-state index >= 15 is 0 Å². The Morgan fingerprint density at radius 3 is 2.17 bits per heavy atom. The van der Waals surface area contributed by atoms with E-state index in [1.54, 1.807) is 21.3 Å². The number of carbonyl (C=O) groups is 1. The molecular formula is C23H31N3O4. The van der Waals surface area contributed by atoms with Gasteiger partial charge < -0.3 is 29.3 Å². The number of rotatable bonds is 11. The van der Waals surface area contributed by atoms with Gasteiger partial charge in [0.1, 0.15) is 5.75 Å². The monoisotopic (exact) mass is 413 g/mol. The molecule has 1 atom stereocenters. The van der Waals surface area contributed by atoms with Crippen LogP contribution in [0.1, 0.15) is 17.2 Å². The van der Waals surface area contributed by atoms with E-state index in [2.05, 4.69) is 34.5 Å². The van der Waals surface area contributed by atoms with Crippen LogP contribution in [0, 0.1) is 0 Å². The van der Waals surface area contributed by atoms with Gasteiger partial charge in [-0.15, -0.1) is 0 Å². The predicted octanol–water partition coefficient (Wildman–Crippen LogP) is 3.06.